The second kappa shape index (κ2) is 3.56. The Labute approximate surface area is 80.9 Å². The number of halogens is 2. The smallest absolute Gasteiger partial charge is 0.141 e. The third-order valence-electron chi connectivity index (χ3n) is 1.93. The van der Waals surface area contributed by atoms with Crippen LogP contribution in [-0.2, 0) is 0 Å². The molecule has 0 unspecified atom stereocenters. The molecule has 0 saturated carbocycles. The lowest BCUT2D eigenvalue weighted by Gasteiger charge is -2.11. The lowest BCUT2D eigenvalue weighted by molar-refractivity contribution is 0.589. The molecule has 0 aliphatic carbocycles. The molecule has 0 atom stereocenters. The van der Waals surface area contributed by atoms with Crippen LogP contribution in [0.2, 0.25) is 0 Å². The zero-order valence-corrected chi connectivity index (χ0v) is 9.07. The maximum absolute atomic E-state index is 13.5. The van der Waals surface area contributed by atoms with Crippen LogP contribution < -0.4 is 0 Å². The Morgan fingerprint density at radius 3 is 2.33 bits per heavy atom. The van der Waals surface area contributed by atoms with Gasteiger partial charge in [0.2, 0.25) is 0 Å². The predicted molar refractivity (Wildman–Crippen MR) is 52.9 cm³/mol. The van der Waals surface area contributed by atoms with Crippen molar-refractivity contribution >= 4 is 15.9 Å². The first-order valence-electron chi connectivity index (χ1n) is 3.98. The highest BCUT2D eigenvalue weighted by atomic mass is 79.9. The summed E-state index contributed by atoms with van der Waals surface area (Å²) in [5.41, 5.74) is 1.83. The van der Waals surface area contributed by atoms with Crippen molar-refractivity contribution in [2.24, 2.45) is 0 Å². The van der Waals surface area contributed by atoms with E-state index in [-0.39, 0.29) is 11.7 Å². The Bertz CT molecular complexity index is 292. The van der Waals surface area contributed by atoms with Crippen LogP contribution in [-0.4, -0.2) is 0 Å². The van der Waals surface area contributed by atoms with Gasteiger partial charge in [-0.05, 0) is 46.0 Å². The lowest BCUT2D eigenvalue weighted by atomic mass is 9.98. The molecule has 0 aromatic heterocycles. The number of hydrogen-bond acceptors (Lipinski definition) is 0. The van der Waals surface area contributed by atoms with Gasteiger partial charge in [-0.15, -0.1) is 0 Å². The van der Waals surface area contributed by atoms with Gasteiger partial charge in [0.05, 0.1) is 4.47 Å². The summed E-state index contributed by atoms with van der Waals surface area (Å²) in [6, 6.07) is 3.68. The molecule has 66 valence electrons. The van der Waals surface area contributed by atoms with Gasteiger partial charge >= 0.3 is 0 Å². The van der Waals surface area contributed by atoms with Crippen LogP contribution in [0.1, 0.15) is 30.9 Å². The van der Waals surface area contributed by atoms with E-state index in [9.17, 15) is 4.39 Å². The van der Waals surface area contributed by atoms with Crippen molar-refractivity contribution in [1.82, 2.24) is 0 Å². The fourth-order valence-corrected chi connectivity index (χ4v) is 1.72. The maximum atomic E-state index is 13.5. The standard InChI is InChI=1S/C10H12BrF/c1-6(2)9-7(3)4-5-8(11)10(9)12/h4-6H,1-3H3. The quantitative estimate of drug-likeness (QED) is 0.684. The first-order chi connectivity index (χ1) is 5.54. The Morgan fingerprint density at radius 2 is 1.92 bits per heavy atom. The summed E-state index contributed by atoms with van der Waals surface area (Å²) < 4.78 is 14.0. The van der Waals surface area contributed by atoms with Crippen LogP contribution in [0.25, 0.3) is 0 Å². The molecule has 1 aromatic carbocycles. The second-order valence-electron chi connectivity index (χ2n) is 3.25. The minimum atomic E-state index is -0.120. The van der Waals surface area contributed by atoms with Crippen molar-refractivity contribution in [1.29, 1.82) is 0 Å². The molecule has 0 amide bonds. The summed E-state index contributed by atoms with van der Waals surface area (Å²) in [5.74, 6) is 0.118. The molecule has 0 heterocycles. The van der Waals surface area contributed by atoms with E-state index in [0.717, 1.165) is 11.1 Å². The van der Waals surface area contributed by atoms with Crippen LogP contribution in [0.5, 0.6) is 0 Å². The normalized spacial score (nSPS) is 10.8. The van der Waals surface area contributed by atoms with Gasteiger partial charge in [0.25, 0.3) is 0 Å². The largest absolute Gasteiger partial charge is 0.205 e. The molecule has 12 heavy (non-hydrogen) atoms. The average molecular weight is 231 g/mol. The third-order valence-corrected chi connectivity index (χ3v) is 2.54. The second-order valence-corrected chi connectivity index (χ2v) is 4.10. The fourth-order valence-electron chi connectivity index (χ4n) is 1.37. The van der Waals surface area contributed by atoms with E-state index in [1.165, 1.54) is 0 Å². The Kier molecular flexibility index (Phi) is 2.89. The molecule has 0 radical (unpaired) electrons. The monoisotopic (exact) mass is 230 g/mol. The van der Waals surface area contributed by atoms with E-state index in [1.54, 1.807) is 6.07 Å². The van der Waals surface area contributed by atoms with E-state index < -0.39 is 0 Å². The van der Waals surface area contributed by atoms with Gasteiger partial charge in [-0.2, -0.15) is 0 Å². The van der Waals surface area contributed by atoms with Gasteiger partial charge in [0.15, 0.2) is 0 Å². The number of rotatable bonds is 1. The molecule has 2 heteroatoms. The fraction of sp³-hybridized carbons (Fsp3) is 0.400. The third kappa shape index (κ3) is 1.69. The van der Waals surface area contributed by atoms with E-state index in [0.29, 0.717) is 4.47 Å². The molecule has 1 aromatic rings. The number of hydrogen-bond donors (Lipinski definition) is 0. The molecule has 0 spiro atoms. The summed E-state index contributed by atoms with van der Waals surface area (Å²) in [6.45, 7) is 5.93. The highest BCUT2D eigenvalue weighted by Crippen LogP contribution is 2.27. The molecule has 0 saturated heterocycles. The average Bonchev–Trinajstić information content (AvgIpc) is 1.97. The van der Waals surface area contributed by atoms with E-state index in [1.807, 2.05) is 26.8 Å². The summed E-state index contributed by atoms with van der Waals surface area (Å²) in [5, 5.41) is 0. The van der Waals surface area contributed by atoms with Crippen molar-refractivity contribution in [3.63, 3.8) is 0 Å². The van der Waals surface area contributed by atoms with E-state index in [2.05, 4.69) is 15.9 Å². The molecule has 0 nitrogen and oxygen atoms in total. The number of benzene rings is 1. The highest BCUT2D eigenvalue weighted by molar-refractivity contribution is 9.10. The molecule has 0 bridgehead atoms. The van der Waals surface area contributed by atoms with Gasteiger partial charge in [0.1, 0.15) is 5.82 Å². The SMILES string of the molecule is Cc1ccc(Br)c(F)c1C(C)C. The minimum absolute atomic E-state index is 0.120. The van der Waals surface area contributed by atoms with Crippen LogP contribution in [0, 0.1) is 12.7 Å². The maximum Gasteiger partial charge on any atom is 0.141 e. The Balaban J connectivity index is 3.33. The molecular weight excluding hydrogens is 219 g/mol. The van der Waals surface area contributed by atoms with Gasteiger partial charge in [0, 0.05) is 0 Å². The van der Waals surface area contributed by atoms with Crippen LogP contribution in [0.15, 0.2) is 16.6 Å². The molecule has 1 rings (SSSR count). The van der Waals surface area contributed by atoms with Gasteiger partial charge in [-0.3, -0.25) is 0 Å². The topological polar surface area (TPSA) is 0 Å². The summed E-state index contributed by atoms with van der Waals surface area (Å²) in [6.07, 6.45) is 0. The first-order valence-corrected chi connectivity index (χ1v) is 4.78. The van der Waals surface area contributed by atoms with Crippen molar-refractivity contribution in [3.8, 4) is 0 Å². The molecule has 0 aliphatic heterocycles. The first kappa shape index (κ1) is 9.72. The van der Waals surface area contributed by atoms with Gasteiger partial charge < -0.3 is 0 Å². The van der Waals surface area contributed by atoms with Crippen molar-refractivity contribution in [2.45, 2.75) is 26.7 Å². The van der Waals surface area contributed by atoms with Crippen molar-refractivity contribution in [3.05, 3.63) is 33.5 Å². The zero-order valence-electron chi connectivity index (χ0n) is 7.49. The highest BCUT2D eigenvalue weighted by Gasteiger charge is 2.11. The van der Waals surface area contributed by atoms with Crippen molar-refractivity contribution in [2.75, 3.05) is 0 Å². The van der Waals surface area contributed by atoms with Gasteiger partial charge in [-0.1, -0.05) is 19.9 Å². The molecular formula is C10H12BrF. The van der Waals surface area contributed by atoms with Crippen LogP contribution in [0.4, 0.5) is 4.39 Å². The van der Waals surface area contributed by atoms with E-state index >= 15 is 0 Å². The predicted octanol–water partition coefficient (Wildman–Crippen LogP) is 4.02. The van der Waals surface area contributed by atoms with Crippen LogP contribution in [0.3, 0.4) is 0 Å². The van der Waals surface area contributed by atoms with E-state index in [4.69, 9.17) is 0 Å². The van der Waals surface area contributed by atoms with Crippen LogP contribution >= 0.6 is 15.9 Å². The van der Waals surface area contributed by atoms with Crippen molar-refractivity contribution < 1.29 is 4.39 Å². The number of aryl methyl sites for hydroxylation is 1. The Hall–Kier alpha value is -0.370. The molecule has 0 N–H and O–H groups in total. The Morgan fingerprint density at radius 1 is 1.33 bits per heavy atom. The summed E-state index contributed by atoms with van der Waals surface area (Å²) in [7, 11) is 0. The molecule has 0 aliphatic rings. The summed E-state index contributed by atoms with van der Waals surface area (Å²) >= 11 is 3.17. The molecule has 0 fully saturated rings. The summed E-state index contributed by atoms with van der Waals surface area (Å²) in [4.78, 5) is 0. The minimum Gasteiger partial charge on any atom is -0.205 e. The zero-order chi connectivity index (χ0) is 9.30. The van der Waals surface area contributed by atoms with Gasteiger partial charge in [-0.25, -0.2) is 4.39 Å². The lowest BCUT2D eigenvalue weighted by Crippen LogP contribution is -1.97.